The Morgan fingerprint density at radius 3 is 2.77 bits per heavy atom. The number of thiazole rings is 1. The highest BCUT2D eigenvalue weighted by molar-refractivity contribution is 7.22. The number of anilines is 1. The van der Waals surface area contributed by atoms with Crippen LogP contribution in [0.25, 0.3) is 10.2 Å². The van der Waals surface area contributed by atoms with Crippen LogP contribution < -0.4 is 9.64 Å². The maximum absolute atomic E-state index is 13.3. The first-order chi connectivity index (χ1) is 14.5. The molecule has 0 unspecified atom stereocenters. The van der Waals surface area contributed by atoms with E-state index in [9.17, 15) is 4.79 Å². The highest BCUT2D eigenvalue weighted by Gasteiger charge is 2.23. The number of aromatic nitrogens is 3. The molecule has 1 aromatic carbocycles. The number of rotatable bonds is 7. The molecule has 30 heavy (non-hydrogen) atoms. The number of carbonyl (C=O) groups excluding carboxylic acids is 1. The second-order valence-corrected chi connectivity index (χ2v) is 8.42. The topological polar surface area (TPSA) is 72.7 Å². The molecule has 1 aliphatic heterocycles. The van der Waals surface area contributed by atoms with Crippen molar-refractivity contribution in [1.82, 2.24) is 19.7 Å². The first-order valence-electron chi connectivity index (χ1n) is 10.1. The summed E-state index contributed by atoms with van der Waals surface area (Å²) in [5.41, 5.74) is 2.72. The van der Waals surface area contributed by atoms with Crippen LogP contribution >= 0.6 is 11.3 Å². The number of carbonyl (C=O) groups is 1. The zero-order chi connectivity index (χ0) is 21.1. The second kappa shape index (κ2) is 9.11. The van der Waals surface area contributed by atoms with Gasteiger partial charge in [-0.3, -0.25) is 19.3 Å². The Morgan fingerprint density at radius 1 is 1.27 bits per heavy atom. The molecule has 0 saturated carbocycles. The van der Waals surface area contributed by atoms with E-state index >= 15 is 0 Å². The van der Waals surface area contributed by atoms with Gasteiger partial charge in [-0.2, -0.15) is 5.10 Å². The summed E-state index contributed by atoms with van der Waals surface area (Å²) in [4.78, 5) is 22.2. The van der Waals surface area contributed by atoms with Crippen molar-refractivity contribution in [3.05, 3.63) is 35.7 Å². The molecule has 0 radical (unpaired) electrons. The van der Waals surface area contributed by atoms with Gasteiger partial charge in [0.25, 0.3) is 5.91 Å². The van der Waals surface area contributed by atoms with E-state index in [0.29, 0.717) is 11.7 Å². The molecular formula is C21H27N5O3S. The van der Waals surface area contributed by atoms with Gasteiger partial charge >= 0.3 is 0 Å². The van der Waals surface area contributed by atoms with Crippen molar-refractivity contribution >= 4 is 32.6 Å². The summed E-state index contributed by atoms with van der Waals surface area (Å²) in [5.74, 6) is 0.744. The summed E-state index contributed by atoms with van der Waals surface area (Å²) < 4.78 is 13.5. The fourth-order valence-electron chi connectivity index (χ4n) is 3.58. The average Bonchev–Trinajstić information content (AvgIpc) is 3.30. The van der Waals surface area contributed by atoms with Crippen LogP contribution in [0.15, 0.2) is 24.3 Å². The van der Waals surface area contributed by atoms with E-state index in [-0.39, 0.29) is 12.5 Å². The van der Waals surface area contributed by atoms with Gasteiger partial charge in [-0.05, 0) is 32.0 Å². The highest BCUT2D eigenvalue weighted by atomic mass is 32.1. The fraction of sp³-hybridized carbons (Fsp3) is 0.476. The van der Waals surface area contributed by atoms with Crippen LogP contribution in [0.5, 0.6) is 5.75 Å². The first kappa shape index (κ1) is 20.8. The molecular weight excluding hydrogens is 402 g/mol. The normalized spacial score (nSPS) is 14.9. The summed E-state index contributed by atoms with van der Waals surface area (Å²) >= 11 is 1.53. The Hall–Kier alpha value is -2.49. The average molecular weight is 430 g/mol. The molecule has 0 N–H and O–H groups in total. The summed E-state index contributed by atoms with van der Waals surface area (Å²) in [6.07, 6.45) is 0. The Balaban J connectivity index is 1.58. The predicted molar refractivity (Wildman–Crippen MR) is 117 cm³/mol. The van der Waals surface area contributed by atoms with Crippen LogP contribution in [-0.4, -0.2) is 72.1 Å². The monoisotopic (exact) mass is 429 g/mol. The van der Waals surface area contributed by atoms with Gasteiger partial charge in [0.1, 0.15) is 12.3 Å². The minimum absolute atomic E-state index is 0.0134. The minimum Gasteiger partial charge on any atom is -0.497 e. The van der Waals surface area contributed by atoms with E-state index in [0.717, 1.165) is 60.2 Å². The number of amides is 1. The molecule has 160 valence electrons. The molecule has 0 bridgehead atoms. The maximum atomic E-state index is 13.3. The van der Waals surface area contributed by atoms with Crippen molar-refractivity contribution in [3.8, 4) is 5.75 Å². The predicted octanol–water partition coefficient (Wildman–Crippen LogP) is 2.48. The van der Waals surface area contributed by atoms with Crippen molar-refractivity contribution in [2.24, 2.45) is 0 Å². The number of hydrogen-bond donors (Lipinski definition) is 0. The number of ether oxygens (including phenoxy) is 2. The molecule has 9 heteroatoms. The van der Waals surface area contributed by atoms with Gasteiger partial charge in [0.15, 0.2) is 5.13 Å². The molecule has 3 aromatic rings. The van der Waals surface area contributed by atoms with Gasteiger partial charge in [0, 0.05) is 37.9 Å². The second-order valence-electron chi connectivity index (χ2n) is 7.41. The van der Waals surface area contributed by atoms with Crippen LogP contribution in [0.1, 0.15) is 11.4 Å². The van der Waals surface area contributed by atoms with E-state index in [1.165, 1.54) is 11.3 Å². The lowest BCUT2D eigenvalue weighted by Crippen LogP contribution is -2.44. The Bertz CT molecular complexity index is 1020. The van der Waals surface area contributed by atoms with Crippen molar-refractivity contribution in [2.45, 2.75) is 20.4 Å². The first-order valence-corrected chi connectivity index (χ1v) is 10.9. The highest BCUT2D eigenvalue weighted by Crippen LogP contribution is 2.31. The summed E-state index contributed by atoms with van der Waals surface area (Å²) in [7, 11) is 1.64. The van der Waals surface area contributed by atoms with Crippen LogP contribution in [0.4, 0.5) is 5.13 Å². The smallest absolute Gasteiger partial charge is 0.250 e. The van der Waals surface area contributed by atoms with Crippen molar-refractivity contribution in [3.63, 3.8) is 0 Å². The standard InChI is InChI=1S/C21H27N5O3S/c1-15-12-16(2)26(23-15)14-20(27)25(7-6-24-8-10-29-11-9-24)21-22-18-13-17(28-3)4-5-19(18)30-21/h4-5,12-13H,6-11,14H2,1-3H3. The van der Waals surface area contributed by atoms with E-state index in [4.69, 9.17) is 14.5 Å². The molecule has 0 atom stereocenters. The Morgan fingerprint density at radius 2 is 2.07 bits per heavy atom. The molecule has 8 nitrogen and oxygen atoms in total. The molecule has 0 aliphatic carbocycles. The van der Waals surface area contributed by atoms with E-state index in [2.05, 4.69) is 10.00 Å². The van der Waals surface area contributed by atoms with E-state index < -0.39 is 0 Å². The minimum atomic E-state index is -0.0134. The third kappa shape index (κ3) is 4.63. The zero-order valence-electron chi connectivity index (χ0n) is 17.6. The quantitative estimate of drug-likeness (QED) is 0.575. The number of benzene rings is 1. The SMILES string of the molecule is COc1ccc2sc(N(CCN3CCOCC3)C(=O)Cn3nc(C)cc3C)nc2c1. The van der Waals surface area contributed by atoms with Crippen LogP contribution in [0, 0.1) is 13.8 Å². The Kier molecular flexibility index (Phi) is 6.31. The Labute approximate surface area is 180 Å². The van der Waals surface area contributed by atoms with Gasteiger partial charge in [-0.25, -0.2) is 4.98 Å². The number of methoxy groups -OCH3 is 1. The molecule has 1 aliphatic rings. The van der Waals surface area contributed by atoms with Crippen molar-refractivity contribution in [1.29, 1.82) is 0 Å². The number of fused-ring (bicyclic) bond motifs is 1. The molecule has 1 saturated heterocycles. The summed E-state index contributed by atoms with van der Waals surface area (Å²) in [6.45, 7) is 8.71. The van der Waals surface area contributed by atoms with E-state index in [1.807, 2.05) is 38.1 Å². The van der Waals surface area contributed by atoms with Crippen LogP contribution in [0.3, 0.4) is 0 Å². The molecule has 2 aromatic heterocycles. The third-order valence-electron chi connectivity index (χ3n) is 5.25. The maximum Gasteiger partial charge on any atom is 0.250 e. The van der Waals surface area contributed by atoms with E-state index in [1.54, 1.807) is 16.7 Å². The molecule has 3 heterocycles. The lowest BCUT2D eigenvalue weighted by atomic mass is 10.3. The van der Waals surface area contributed by atoms with Crippen LogP contribution in [-0.2, 0) is 16.1 Å². The fourth-order valence-corrected chi connectivity index (χ4v) is 4.57. The zero-order valence-corrected chi connectivity index (χ0v) is 18.4. The third-order valence-corrected chi connectivity index (χ3v) is 6.31. The van der Waals surface area contributed by atoms with Gasteiger partial charge in [-0.1, -0.05) is 11.3 Å². The van der Waals surface area contributed by atoms with Gasteiger partial charge < -0.3 is 9.47 Å². The number of morpholine rings is 1. The lowest BCUT2D eigenvalue weighted by molar-refractivity contribution is -0.119. The van der Waals surface area contributed by atoms with Crippen molar-refractivity contribution < 1.29 is 14.3 Å². The lowest BCUT2D eigenvalue weighted by Gasteiger charge is -2.29. The number of aryl methyl sites for hydroxylation is 2. The summed E-state index contributed by atoms with van der Waals surface area (Å²) in [6, 6.07) is 7.79. The van der Waals surface area contributed by atoms with Gasteiger partial charge in [-0.15, -0.1) is 0 Å². The van der Waals surface area contributed by atoms with Gasteiger partial charge in [0.05, 0.1) is 36.2 Å². The molecule has 4 rings (SSSR count). The van der Waals surface area contributed by atoms with Crippen LogP contribution in [0.2, 0.25) is 0 Å². The molecule has 0 spiro atoms. The molecule has 1 fully saturated rings. The van der Waals surface area contributed by atoms with Crippen molar-refractivity contribution in [2.75, 3.05) is 51.4 Å². The largest absolute Gasteiger partial charge is 0.497 e. The van der Waals surface area contributed by atoms with Gasteiger partial charge in [0.2, 0.25) is 0 Å². The molecule has 1 amide bonds. The summed E-state index contributed by atoms with van der Waals surface area (Å²) in [5, 5.41) is 5.16. The number of nitrogens with zero attached hydrogens (tertiary/aromatic N) is 5. The number of hydrogen-bond acceptors (Lipinski definition) is 7.